The zero-order chi connectivity index (χ0) is 11.4. The van der Waals surface area contributed by atoms with E-state index in [0.29, 0.717) is 29.9 Å². The Morgan fingerprint density at radius 1 is 1.47 bits per heavy atom. The molecule has 0 saturated heterocycles. The van der Waals surface area contributed by atoms with Gasteiger partial charge in [-0.15, -0.1) is 0 Å². The van der Waals surface area contributed by atoms with Gasteiger partial charge >= 0.3 is 0 Å². The smallest absolute Gasteiger partial charge is 0.254 e. The first-order valence-electron chi connectivity index (χ1n) is 4.81. The molecule has 82 valence electrons. The van der Waals surface area contributed by atoms with Gasteiger partial charge in [-0.25, -0.2) is 4.98 Å². The zero-order valence-electron chi connectivity index (χ0n) is 9.18. The van der Waals surface area contributed by atoms with E-state index in [9.17, 15) is 9.59 Å². The molecule has 5 nitrogen and oxygen atoms in total. The number of nitrogens with zero attached hydrogens (tertiary/aromatic N) is 1. The fourth-order valence-electron chi connectivity index (χ4n) is 1.41. The number of H-pyrrole nitrogens is 1. The molecule has 1 heterocycles. The van der Waals surface area contributed by atoms with E-state index in [2.05, 4.69) is 15.3 Å². The van der Waals surface area contributed by atoms with Gasteiger partial charge in [0.2, 0.25) is 5.91 Å². The van der Waals surface area contributed by atoms with Crippen LogP contribution in [0, 0.1) is 13.8 Å². The van der Waals surface area contributed by atoms with Gasteiger partial charge in [-0.05, 0) is 20.3 Å². The largest absolute Gasteiger partial charge is 0.359 e. The summed E-state index contributed by atoms with van der Waals surface area (Å²) in [6.07, 6.45) is 0.735. The van der Waals surface area contributed by atoms with Gasteiger partial charge in [0, 0.05) is 24.7 Å². The second kappa shape index (κ2) is 4.72. The average Bonchev–Trinajstić information content (AvgIpc) is 2.15. The molecule has 0 aliphatic heterocycles. The molecular formula is C10H15N3O2. The van der Waals surface area contributed by atoms with Crippen molar-refractivity contribution in [3.63, 3.8) is 0 Å². The fourth-order valence-corrected chi connectivity index (χ4v) is 1.41. The predicted molar refractivity (Wildman–Crippen MR) is 56.7 cm³/mol. The molecule has 0 aliphatic rings. The summed E-state index contributed by atoms with van der Waals surface area (Å²) in [6.45, 7) is 3.51. The number of amides is 1. The minimum atomic E-state index is -0.149. The Bertz CT molecular complexity index is 423. The second-order valence-electron chi connectivity index (χ2n) is 3.39. The maximum atomic E-state index is 11.5. The Labute approximate surface area is 87.9 Å². The van der Waals surface area contributed by atoms with Crippen LogP contribution in [-0.4, -0.2) is 22.9 Å². The minimum absolute atomic E-state index is 0.0747. The number of nitrogens with one attached hydrogen (secondary N) is 2. The van der Waals surface area contributed by atoms with Crippen LogP contribution in [-0.2, 0) is 11.2 Å². The van der Waals surface area contributed by atoms with Gasteiger partial charge in [-0.1, -0.05) is 0 Å². The lowest BCUT2D eigenvalue weighted by Gasteiger charge is -2.04. The molecule has 0 aromatic carbocycles. The first-order chi connectivity index (χ1) is 7.04. The monoisotopic (exact) mass is 209 g/mol. The molecule has 0 aliphatic carbocycles. The summed E-state index contributed by atoms with van der Waals surface area (Å²) in [5.41, 5.74) is 1.13. The van der Waals surface area contributed by atoms with E-state index in [1.807, 2.05) is 0 Å². The number of rotatable bonds is 3. The highest BCUT2D eigenvalue weighted by atomic mass is 16.1. The Morgan fingerprint density at radius 3 is 2.67 bits per heavy atom. The first-order valence-corrected chi connectivity index (χ1v) is 4.81. The van der Waals surface area contributed by atoms with Crippen molar-refractivity contribution in [3.05, 3.63) is 27.4 Å². The van der Waals surface area contributed by atoms with Crippen LogP contribution in [0.4, 0.5) is 0 Å². The van der Waals surface area contributed by atoms with E-state index in [-0.39, 0.29) is 11.5 Å². The molecular weight excluding hydrogens is 194 g/mol. The summed E-state index contributed by atoms with van der Waals surface area (Å²) in [5.74, 6) is 0.524. The third-order valence-electron chi connectivity index (χ3n) is 2.22. The molecule has 0 spiro atoms. The molecule has 0 fully saturated rings. The van der Waals surface area contributed by atoms with Crippen molar-refractivity contribution in [2.45, 2.75) is 26.7 Å². The molecule has 1 aromatic rings. The fraction of sp³-hybridized carbons (Fsp3) is 0.500. The summed E-state index contributed by atoms with van der Waals surface area (Å²) in [6, 6.07) is 0. The van der Waals surface area contributed by atoms with Crippen LogP contribution in [0.15, 0.2) is 4.79 Å². The molecule has 5 heteroatoms. The van der Waals surface area contributed by atoms with Crippen LogP contribution in [0.2, 0.25) is 0 Å². The molecule has 1 aromatic heterocycles. The minimum Gasteiger partial charge on any atom is -0.359 e. The predicted octanol–water partition coefficient (Wildman–Crippen LogP) is 0.0653. The van der Waals surface area contributed by atoms with Crippen molar-refractivity contribution in [3.8, 4) is 0 Å². The van der Waals surface area contributed by atoms with Crippen LogP contribution in [0.5, 0.6) is 0 Å². The van der Waals surface area contributed by atoms with Crippen molar-refractivity contribution in [2.75, 3.05) is 7.05 Å². The van der Waals surface area contributed by atoms with E-state index in [1.54, 1.807) is 20.9 Å². The van der Waals surface area contributed by atoms with Crippen molar-refractivity contribution in [1.29, 1.82) is 0 Å². The molecule has 2 N–H and O–H groups in total. The van der Waals surface area contributed by atoms with Crippen molar-refractivity contribution >= 4 is 5.91 Å². The van der Waals surface area contributed by atoms with Gasteiger partial charge in [0.05, 0.1) is 0 Å². The van der Waals surface area contributed by atoms with Gasteiger partial charge in [0.25, 0.3) is 5.56 Å². The molecule has 0 saturated carbocycles. The van der Waals surface area contributed by atoms with E-state index < -0.39 is 0 Å². The maximum absolute atomic E-state index is 11.5. The SMILES string of the molecule is CNC(=O)CCc1c(C)nc(C)[nH]c1=O. The Hall–Kier alpha value is -1.65. The van der Waals surface area contributed by atoms with E-state index in [0.717, 1.165) is 0 Å². The summed E-state index contributed by atoms with van der Waals surface area (Å²) >= 11 is 0. The van der Waals surface area contributed by atoms with Crippen molar-refractivity contribution in [2.24, 2.45) is 0 Å². The lowest BCUT2D eigenvalue weighted by Crippen LogP contribution is -2.22. The molecule has 0 bridgehead atoms. The molecule has 0 atom stereocenters. The third-order valence-corrected chi connectivity index (χ3v) is 2.22. The second-order valence-corrected chi connectivity index (χ2v) is 3.39. The highest BCUT2D eigenvalue weighted by Gasteiger charge is 2.08. The lowest BCUT2D eigenvalue weighted by molar-refractivity contribution is -0.120. The summed E-state index contributed by atoms with van der Waals surface area (Å²) < 4.78 is 0. The van der Waals surface area contributed by atoms with Gasteiger partial charge in [-0.3, -0.25) is 9.59 Å². The van der Waals surface area contributed by atoms with Gasteiger partial charge in [0.1, 0.15) is 5.82 Å². The van der Waals surface area contributed by atoms with Crippen molar-refractivity contribution < 1.29 is 4.79 Å². The Balaban J connectivity index is 2.86. The molecule has 0 radical (unpaired) electrons. The van der Waals surface area contributed by atoms with Gasteiger partial charge in [0.15, 0.2) is 0 Å². The van der Waals surface area contributed by atoms with Gasteiger partial charge < -0.3 is 10.3 Å². The molecule has 1 rings (SSSR count). The van der Waals surface area contributed by atoms with Crippen LogP contribution in [0.3, 0.4) is 0 Å². The lowest BCUT2D eigenvalue weighted by atomic mass is 10.1. The quantitative estimate of drug-likeness (QED) is 0.739. The Kier molecular flexibility index (Phi) is 3.60. The number of hydrogen-bond donors (Lipinski definition) is 2. The topological polar surface area (TPSA) is 74.8 Å². The van der Waals surface area contributed by atoms with Gasteiger partial charge in [-0.2, -0.15) is 0 Å². The summed E-state index contributed by atoms with van der Waals surface area (Å²) in [7, 11) is 1.58. The molecule has 1 amide bonds. The summed E-state index contributed by atoms with van der Waals surface area (Å²) in [5, 5.41) is 2.51. The number of aromatic nitrogens is 2. The highest BCUT2D eigenvalue weighted by molar-refractivity contribution is 5.75. The normalized spacial score (nSPS) is 10.1. The molecule has 0 unspecified atom stereocenters. The number of aryl methyl sites for hydroxylation is 2. The molecule has 15 heavy (non-hydrogen) atoms. The first kappa shape index (κ1) is 11.4. The standard InChI is InChI=1S/C10H15N3O2/c1-6-8(4-5-9(14)11-3)10(15)13-7(2)12-6/h4-5H2,1-3H3,(H,11,14)(H,12,13,15). The van der Waals surface area contributed by atoms with Crippen LogP contribution < -0.4 is 10.9 Å². The average molecular weight is 209 g/mol. The zero-order valence-corrected chi connectivity index (χ0v) is 9.18. The van der Waals surface area contributed by atoms with Crippen LogP contribution >= 0.6 is 0 Å². The van der Waals surface area contributed by atoms with E-state index in [1.165, 1.54) is 0 Å². The van der Waals surface area contributed by atoms with E-state index in [4.69, 9.17) is 0 Å². The highest BCUT2D eigenvalue weighted by Crippen LogP contribution is 2.02. The summed E-state index contributed by atoms with van der Waals surface area (Å²) in [4.78, 5) is 29.3. The van der Waals surface area contributed by atoms with E-state index >= 15 is 0 Å². The number of carbonyl (C=O) groups excluding carboxylic acids is 1. The number of aromatic amines is 1. The van der Waals surface area contributed by atoms with Crippen LogP contribution in [0.1, 0.15) is 23.5 Å². The maximum Gasteiger partial charge on any atom is 0.254 e. The van der Waals surface area contributed by atoms with Crippen LogP contribution in [0.25, 0.3) is 0 Å². The third kappa shape index (κ3) is 2.90. The number of hydrogen-bond acceptors (Lipinski definition) is 3. The Morgan fingerprint density at radius 2 is 2.13 bits per heavy atom. The van der Waals surface area contributed by atoms with Crippen molar-refractivity contribution in [1.82, 2.24) is 15.3 Å². The number of carbonyl (C=O) groups is 1.